The van der Waals surface area contributed by atoms with Gasteiger partial charge in [0.05, 0.1) is 5.75 Å². The summed E-state index contributed by atoms with van der Waals surface area (Å²) in [6, 6.07) is 10.4. The van der Waals surface area contributed by atoms with E-state index in [0.29, 0.717) is 24.1 Å². The van der Waals surface area contributed by atoms with E-state index in [1.807, 2.05) is 0 Å². The maximum absolute atomic E-state index is 13.2. The molecule has 5 nitrogen and oxygen atoms in total. The Balaban J connectivity index is 1.80. The predicted molar refractivity (Wildman–Crippen MR) is 104 cm³/mol. The SMILES string of the molecule is CC(C)NS(=O)(=O)Cc1ccc(CNC(=O)CCc2ccc(F)c(F)c2)cc1. The van der Waals surface area contributed by atoms with Crippen LogP contribution in [0.15, 0.2) is 42.5 Å². The van der Waals surface area contributed by atoms with Crippen LogP contribution < -0.4 is 10.0 Å². The lowest BCUT2D eigenvalue weighted by Crippen LogP contribution is -2.31. The molecule has 0 atom stereocenters. The minimum Gasteiger partial charge on any atom is -0.352 e. The molecule has 2 aromatic carbocycles. The number of hydrogen-bond acceptors (Lipinski definition) is 3. The van der Waals surface area contributed by atoms with E-state index in [1.54, 1.807) is 38.1 Å². The van der Waals surface area contributed by atoms with E-state index in [9.17, 15) is 22.0 Å². The second-order valence-corrected chi connectivity index (χ2v) is 8.63. The Morgan fingerprint density at radius 1 is 0.964 bits per heavy atom. The van der Waals surface area contributed by atoms with E-state index < -0.39 is 21.7 Å². The Labute approximate surface area is 164 Å². The highest BCUT2D eigenvalue weighted by Crippen LogP contribution is 2.11. The van der Waals surface area contributed by atoms with Crippen molar-refractivity contribution in [3.63, 3.8) is 0 Å². The lowest BCUT2D eigenvalue weighted by molar-refractivity contribution is -0.121. The van der Waals surface area contributed by atoms with Crippen molar-refractivity contribution < 1.29 is 22.0 Å². The Kier molecular flexibility index (Phi) is 7.65. The molecule has 0 heterocycles. The number of rotatable bonds is 9. The summed E-state index contributed by atoms with van der Waals surface area (Å²) in [5, 5.41) is 2.75. The van der Waals surface area contributed by atoms with Crippen LogP contribution in [0.3, 0.4) is 0 Å². The quantitative estimate of drug-likeness (QED) is 0.667. The van der Waals surface area contributed by atoms with Crippen LogP contribution in [-0.4, -0.2) is 20.4 Å². The first kappa shape index (κ1) is 22.0. The van der Waals surface area contributed by atoms with E-state index in [0.717, 1.165) is 17.7 Å². The van der Waals surface area contributed by atoms with Crippen molar-refractivity contribution in [3.8, 4) is 0 Å². The molecule has 0 unspecified atom stereocenters. The summed E-state index contributed by atoms with van der Waals surface area (Å²) >= 11 is 0. The van der Waals surface area contributed by atoms with E-state index in [1.165, 1.54) is 6.07 Å². The molecular weight excluding hydrogens is 386 g/mol. The van der Waals surface area contributed by atoms with Crippen LogP contribution in [0.2, 0.25) is 0 Å². The summed E-state index contributed by atoms with van der Waals surface area (Å²) in [5.74, 6) is -2.16. The van der Waals surface area contributed by atoms with Crippen LogP contribution in [-0.2, 0) is 33.5 Å². The monoisotopic (exact) mass is 410 g/mol. The molecule has 0 aliphatic heterocycles. The van der Waals surface area contributed by atoms with Crippen LogP contribution in [0.4, 0.5) is 8.78 Å². The smallest absolute Gasteiger partial charge is 0.220 e. The van der Waals surface area contributed by atoms with E-state index >= 15 is 0 Å². The first-order valence-electron chi connectivity index (χ1n) is 8.93. The van der Waals surface area contributed by atoms with Gasteiger partial charge in [-0.2, -0.15) is 0 Å². The number of sulfonamides is 1. The molecular formula is C20H24F2N2O3S. The standard InChI is InChI=1S/C20H24F2N2O3S/c1-14(2)24-28(26,27)13-17-5-3-16(4-6-17)12-23-20(25)10-8-15-7-9-18(21)19(22)11-15/h3-7,9,11,14,24H,8,10,12-13H2,1-2H3,(H,23,25). The van der Waals surface area contributed by atoms with Gasteiger partial charge in [0.1, 0.15) is 0 Å². The van der Waals surface area contributed by atoms with Gasteiger partial charge in [0.2, 0.25) is 15.9 Å². The molecule has 8 heteroatoms. The average Bonchev–Trinajstić information content (AvgIpc) is 2.60. The van der Waals surface area contributed by atoms with Gasteiger partial charge in [-0.05, 0) is 49.1 Å². The van der Waals surface area contributed by atoms with Crippen molar-refractivity contribution in [2.24, 2.45) is 0 Å². The zero-order valence-corrected chi connectivity index (χ0v) is 16.7. The summed E-state index contributed by atoms with van der Waals surface area (Å²) in [5.41, 5.74) is 2.04. The number of amides is 1. The molecule has 0 saturated heterocycles. The van der Waals surface area contributed by atoms with Gasteiger partial charge in [-0.1, -0.05) is 30.3 Å². The number of aryl methyl sites for hydroxylation is 1. The predicted octanol–water partition coefficient (Wildman–Crippen LogP) is 3.04. The third-order valence-electron chi connectivity index (χ3n) is 3.91. The lowest BCUT2D eigenvalue weighted by atomic mass is 10.1. The Morgan fingerprint density at radius 2 is 1.57 bits per heavy atom. The second-order valence-electron chi connectivity index (χ2n) is 6.87. The van der Waals surface area contributed by atoms with Gasteiger partial charge in [-0.15, -0.1) is 0 Å². The summed E-state index contributed by atoms with van der Waals surface area (Å²) < 4.78 is 52.4. The van der Waals surface area contributed by atoms with Gasteiger partial charge < -0.3 is 5.32 Å². The molecule has 2 N–H and O–H groups in total. The van der Waals surface area contributed by atoms with Crippen molar-refractivity contribution in [1.82, 2.24) is 10.0 Å². The molecule has 0 aromatic heterocycles. The summed E-state index contributed by atoms with van der Waals surface area (Å²) in [6.07, 6.45) is 0.463. The topological polar surface area (TPSA) is 75.3 Å². The third-order valence-corrected chi connectivity index (χ3v) is 5.45. The summed E-state index contributed by atoms with van der Waals surface area (Å²) in [6.45, 7) is 3.82. The van der Waals surface area contributed by atoms with Gasteiger partial charge in [-0.25, -0.2) is 21.9 Å². The van der Waals surface area contributed by atoms with Gasteiger partial charge in [0.15, 0.2) is 11.6 Å². The fourth-order valence-corrected chi connectivity index (χ4v) is 4.05. The molecule has 0 saturated carbocycles. The summed E-state index contributed by atoms with van der Waals surface area (Å²) in [7, 11) is -3.38. The van der Waals surface area contributed by atoms with Crippen molar-refractivity contribution in [3.05, 3.63) is 70.8 Å². The molecule has 1 amide bonds. The van der Waals surface area contributed by atoms with Gasteiger partial charge in [0.25, 0.3) is 0 Å². The number of nitrogens with one attached hydrogen (secondary N) is 2. The molecule has 0 spiro atoms. The fourth-order valence-electron chi connectivity index (χ4n) is 2.62. The Bertz CT molecular complexity index is 914. The minimum atomic E-state index is -3.38. The van der Waals surface area contributed by atoms with Crippen molar-refractivity contribution in [2.75, 3.05) is 0 Å². The number of benzene rings is 2. The van der Waals surface area contributed by atoms with E-state index in [4.69, 9.17) is 0 Å². The molecule has 152 valence electrons. The third kappa shape index (κ3) is 7.36. The van der Waals surface area contributed by atoms with Gasteiger partial charge >= 0.3 is 0 Å². The molecule has 0 radical (unpaired) electrons. The average molecular weight is 410 g/mol. The molecule has 0 aliphatic carbocycles. The maximum Gasteiger partial charge on any atom is 0.220 e. The number of halogens is 2. The number of carbonyl (C=O) groups is 1. The van der Waals surface area contributed by atoms with Crippen LogP contribution in [0, 0.1) is 11.6 Å². The molecule has 2 rings (SSSR count). The van der Waals surface area contributed by atoms with Crippen molar-refractivity contribution in [2.45, 2.75) is 45.0 Å². The largest absolute Gasteiger partial charge is 0.352 e. The zero-order chi connectivity index (χ0) is 20.7. The lowest BCUT2D eigenvalue weighted by Gasteiger charge is -2.10. The molecule has 0 fully saturated rings. The molecule has 0 aliphatic rings. The number of carbonyl (C=O) groups excluding carboxylic acids is 1. The van der Waals surface area contributed by atoms with Crippen LogP contribution in [0.1, 0.15) is 37.0 Å². The van der Waals surface area contributed by atoms with Crippen molar-refractivity contribution >= 4 is 15.9 Å². The normalized spacial score (nSPS) is 11.6. The highest BCUT2D eigenvalue weighted by Gasteiger charge is 2.13. The molecule has 0 bridgehead atoms. The Morgan fingerprint density at radius 3 is 2.18 bits per heavy atom. The highest BCUT2D eigenvalue weighted by molar-refractivity contribution is 7.88. The zero-order valence-electron chi connectivity index (χ0n) is 15.8. The van der Waals surface area contributed by atoms with E-state index in [-0.39, 0.29) is 24.1 Å². The van der Waals surface area contributed by atoms with E-state index in [2.05, 4.69) is 10.0 Å². The number of hydrogen-bond donors (Lipinski definition) is 2. The molecule has 2 aromatic rings. The van der Waals surface area contributed by atoms with Crippen molar-refractivity contribution in [1.29, 1.82) is 0 Å². The first-order chi connectivity index (χ1) is 13.1. The first-order valence-corrected chi connectivity index (χ1v) is 10.6. The van der Waals surface area contributed by atoms with Crippen LogP contribution in [0.5, 0.6) is 0 Å². The van der Waals surface area contributed by atoms with Crippen LogP contribution in [0.25, 0.3) is 0 Å². The van der Waals surface area contributed by atoms with Gasteiger partial charge in [-0.3, -0.25) is 4.79 Å². The second kappa shape index (κ2) is 9.75. The maximum atomic E-state index is 13.2. The van der Waals surface area contributed by atoms with Crippen LogP contribution >= 0.6 is 0 Å². The van der Waals surface area contributed by atoms with Gasteiger partial charge in [0, 0.05) is 19.0 Å². The summed E-state index contributed by atoms with van der Waals surface area (Å²) in [4.78, 5) is 11.9. The molecule has 28 heavy (non-hydrogen) atoms. The highest BCUT2D eigenvalue weighted by atomic mass is 32.2. The Hall–Kier alpha value is -2.32. The minimum absolute atomic E-state index is 0.105. The fraction of sp³-hybridized carbons (Fsp3) is 0.350.